The van der Waals surface area contributed by atoms with Gasteiger partial charge in [-0.15, -0.1) is 11.8 Å². The van der Waals surface area contributed by atoms with Gasteiger partial charge in [0.05, 0.1) is 12.1 Å². The maximum Gasteiger partial charge on any atom is 0.119 e. The fraction of sp³-hybridized carbons (Fsp3) is 0.118. The van der Waals surface area contributed by atoms with E-state index >= 15 is 0 Å². The van der Waals surface area contributed by atoms with Gasteiger partial charge in [0.25, 0.3) is 0 Å². The summed E-state index contributed by atoms with van der Waals surface area (Å²) >= 11 is 10.5. The lowest BCUT2D eigenvalue weighted by molar-refractivity contribution is 0.415. The highest BCUT2D eigenvalue weighted by Gasteiger charge is 2.02. The highest BCUT2D eigenvalue weighted by molar-refractivity contribution is 9.10. The first-order valence-electron chi connectivity index (χ1n) is 6.59. The molecule has 0 unspecified atom stereocenters. The van der Waals surface area contributed by atoms with Crippen LogP contribution < -0.4 is 10.1 Å². The quantitative estimate of drug-likeness (QED) is 0.397. The average molecular weight is 394 g/mol. The standard InChI is InChI=1S/C17H16BrNOS2/c1-20-15-9-7-14(8-10-15)19-17(22-2)11-16(21)12-3-5-13(18)6-4-12/h3-11,19H,1-2H3/b17-11+. The number of benzene rings is 2. The number of hydrogen-bond donors (Lipinski definition) is 1. The van der Waals surface area contributed by atoms with E-state index in [1.54, 1.807) is 18.9 Å². The largest absolute Gasteiger partial charge is 0.497 e. The molecule has 1 N–H and O–H groups in total. The number of thioether (sulfide) groups is 1. The molecule has 0 amide bonds. The summed E-state index contributed by atoms with van der Waals surface area (Å²) in [5.41, 5.74) is 2.03. The van der Waals surface area contributed by atoms with Crippen molar-refractivity contribution < 1.29 is 4.74 Å². The van der Waals surface area contributed by atoms with Gasteiger partial charge in [-0.1, -0.05) is 40.3 Å². The van der Waals surface area contributed by atoms with Crippen molar-refractivity contribution in [1.29, 1.82) is 0 Å². The Kier molecular flexibility index (Phi) is 6.49. The van der Waals surface area contributed by atoms with Gasteiger partial charge in [-0.3, -0.25) is 0 Å². The van der Waals surface area contributed by atoms with Gasteiger partial charge in [0.15, 0.2) is 0 Å². The topological polar surface area (TPSA) is 21.3 Å². The van der Waals surface area contributed by atoms with E-state index in [0.29, 0.717) is 0 Å². The zero-order valence-corrected chi connectivity index (χ0v) is 15.5. The molecule has 2 aromatic rings. The van der Waals surface area contributed by atoms with Crippen LogP contribution in [0, 0.1) is 0 Å². The zero-order valence-electron chi connectivity index (χ0n) is 12.3. The molecule has 114 valence electrons. The van der Waals surface area contributed by atoms with Crippen molar-refractivity contribution in [2.45, 2.75) is 0 Å². The number of anilines is 1. The van der Waals surface area contributed by atoms with Crippen LogP contribution in [0.3, 0.4) is 0 Å². The molecule has 5 heteroatoms. The molecule has 0 radical (unpaired) electrons. The minimum absolute atomic E-state index is 0.804. The van der Waals surface area contributed by atoms with Gasteiger partial charge in [-0.05, 0) is 54.3 Å². The van der Waals surface area contributed by atoms with Crippen LogP contribution in [0.4, 0.5) is 5.69 Å². The number of methoxy groups -OCH3 is 1. The van der Waals surface area contributed by atoms with Crippen molar-refractivity contribution in [2.24, 2.45) is 0 Å². The molecule has 2 nitrogen and oxygen atoms in total. The lowest BCUT2D eigenvalue weighted by Crippen LogP contribution is -2.00. The second-order valence-corrected chi connectivity index (χ2v) is 6.64. The van der Waals surface area contributed by atoms with Crippen molar-refractivity contribution in [3.8, 4) is 5.75 Å². The molecule has 0 aliphatic carbocycles. The van der Waals surface area contributed by atoms with Gasteiger partial charge in [-0.2, -0.15) is 0 Å². The third-order valence-corrected chi connectivity index (χ3v) is 4.51. The Morgan fingerprint density at radius 1 is 1.14 bits per heavy atom. The summed E-state index contributed by atoms with van der Waals surface area (Å²) in [4.78, 5) is 0.804. The first-order chi connectivity index (χ1) is 10.6. The van der Waals surface area contributed by atoms with Gasteiger partial charge in [0, 0.05) is 15.0 Å². The Morgan fingerprint density at radius 3 is 2.32 bits per heavy atom. The fourth-order valence-electron chi connectivity index (χ4n) is 1.78. The second-order valence-electron chi connectivity index (χ2n) is 4.44. The van der Waals surface area contributed by atoms with Crippen molar-refractivity contribution in [3.05, 3.63) is 69.7 Å². The third-order valence-electron chi connectivity index (χ3n) is 2.97. The van der Waals surface area contributed by atoms with Gasteiger partial charge >= 0.3 is 0 Å². The monoisotopic (exact) mass is 393 g/mol. The van der Waals surface area contributed by atoms with Crippen molar-refractivity contribution in [2.75, 3.05) is 18.7 Å². The van der Waals surface area contributed by atoms with Crippen molar-refractivity contribution in [3.63, 3.8) is 0 Å². The average Bonchev–Trinajstić information content (AvgIpc) is 2.55. The minimum Gasteiger partial charge on any atom is -0.497 e. The van der Waals surface area contributed by atoms with Crippen molar-refractivity contribution in [1.82, 2.24) is 0 Å². The van der Waals surface area contributed by atoms with Crippen LogP contribution in [0.1, 0.15) is 5.56 Å². The van der Waals surface area contributed by atoms with E-state index < -0.39 is 0 Å². The molecule has 0 saturated heterocycles. The molecular weight excluding hydrogens is 378 g/mol. The second kappa shape index (κ2) is 8.36. The van der Waals surface area contributed by atoms with Crippen LogP contribution in [0.5, 0.6) is 5.75 Å². The Hall–Kier alpha value is -1.30. The van der Waals surface area contributed by atoms with E-state index in [1.807, 2.05) is 60.9 Å². The molecule has 0 saturated carbocycles. The van der Waals surface area contributed by atoms with Crippen molar-refractivity contribution >= 4 is 50.5 Å². The van der Waals surface area contributed by atoms with E-state index in [0.717, 1.165) is 31.4 Å². The summed E-state index contributed by atoms with van der Waals surface area (Å²) in [6.45, 7) is 0. The van der Waals surface area contributed by atoms with Gasteiger partial charge < -0.3 is 10.1 Å². The molecule has 0 heterocycles. The Labute approximate surface area is 149 Å². The number of hydrogen-bond acceptors (Lipinski definition) is 4. The molecule has 2 aromatic carbocycles. The maximum absolute atomic E-state index is 5.50. The predicted molar refractivity (Wildman–Crippen MR) is 104 cm³/mol. The normalized spacial score (nSPS) is 11.1. The molecule has 0 aromatic heterocycles. The van der Waals surface area contributed by atoms with Crippen LogP contribution >= 0.6 is 39.9 Å². The number of ether oxygens (including phenoxy) is 1. The van der Waals surface area contributed by atoms with Crippen LogP contribution in [-0.4, -0.2) is 18.2 Å². The lowest BCUT2D eigenvalue weighted by Gasteiger charge is -2.10. The van der Waals surface area contributed by atoms with Gasteiger partial charge in [0.2, 0.25) is 0 Å². The number of allylic oxidation sites excluding steroid dienone is 1. The molecule has 2 rings (SSSR count). The first-order valence-corrected chi connectivity index (χ1v) is 9.01. The number of thiocarbonyl (C=S) groups is 1. The van der Waals surface area contributed by atoms with E-state index in [-0.39, 0.29) is 0 Å². The summed E-state index contributed by atoms with van der Waals surface area (Å²) in [5.74, 6) is 0.839. The highest BCUT2D eigenvalue weighted by atomic mass is 79.9. The number of halogens is 1. The van der Waals surface area contributed by atoms with Crippen LogP contribution in [0.2, 0.25) is 0 Å². The zero-order chi connectivity index (χ0) is 15.9. The van der Waals surface area contributed by atoms with E-state index in [9.17, 15) is 0 Å². The SMILES string of the molecule is COc1ccc(N/C(=C\C(=S)c2ccc(Br)cc2)SC)cc1. The van der Waals surface area contributed by atoms with Crippen LogP contribution in [-0.2, 0) is 0 Å². The van der Waals surface area contributed by atoms with E-state index in [1.165, 1.54) is 0 Å². The summed E-state index contributed by atoms with van der Waals surface area (Å²) < 4.78 is 6.21. The van der Waals surface area contributed by atoms with Gasteiger partial charge in [0.1, 0.15) is 5.75 Å². The number of rotatable bonds is 6. The smallest absolute Gasteiger partial charge is 0.119 e. The van der Waals surface area contributed by atoms with Gasteiger partial charge in [-0.25, -0.2) is 0 Å². The Bertz CT molecular complexity index is 666. The maximum atomic E-state index is 5.50. The summed E-state index contributed by atoms with van der Waals surface area (Å²) in [5, 5.41) is 4.36. The third kappa shape index (κ3) is 4.87. The molecule has 0 aliphatic rings. The molecule has 0 spiro atoms. The van der Waals surface area contributed by atoms with Crippen LogP contribution in [0.25, 0.3) is 0 Å². The number of nitrogens with one attached hydrogen (secondary N) is 1. The van der Waals surface area contributed by atoms with E-state index in [4.69, 9.17) is 17.0 Å². The highest BCUT2D eigenvalue weighted by Crippen LogP contribution is 2.21. The molecule has 22 heavy (non-hydrogen) atoms. The summed E-state index contributed by atoms with van der Waals surface area (Å²) in [6.07, 6.45) is 4.00. The van der Waals surface area contributed by atoms with Crippen LogP contribution in [0.15, 0.2) is 64.1 Å². The molecule has 0 atom stereocenters. The Morgan fingerprint density at radius 2 is 1.77 bits per heavy atom. The predicted octanol–water partition coefficient (Wildman–Crippen LogP) is 5.49. The van der Waals surface area contributed by atoms with E-state index in [2.05, 4.69) is 21.2 Å². The summed E-state index contributed by atoms with van der Waals surface area (Å²) in [6, 6.07) is 15.8. The fourth-order valence-corrected chi connectivity index (χ4v) is 2.83. The first kappa shape index (κ1) is 17.1. The molecule has 0 aliphatic heterocycles. The minimum atomic E-state index is 0.804. The molecular formula is C17H16BrNOS2. The molecule has 0 fully saturated rings. The summed E-state index contributed by atoms with van der Waals surface area (Å²) in [7, 11) is 1.66. The lowest BCUT2D eigenvalue weighted by atomic mass is 10.1. The molecule has 0 bridgehead atoms. The Balaban J connectivity index is 2.12.